The summed E-state index contributed by atoms with van der Waals surface area (Å²) in [6.45, 7) is 0. The van der Waals surface area contributed by atoms with Gasteiger partial charge >= 0.3 is 0 Å². The third-order valence-electron chi connectivity index (χ3n) is 3.83. The Morgan fingerprint density at radius 2 is 1.04 bits per heavy atom. The van der Waals surface area contributed by atoms with Crippen molar-refractivity contribution < 1.29 is 21.6 Å². The van der Waals surface area contributed by atoms with Gasteiger partial charge in [-0.25, -0.2) is 16.8 Å². The lowest BCUT2D eigenvalue weighted by Crippen LogP contribution is -2.09. The molecule has 5 nitrogen and oxygen atoms in total. The second-order valence-corrected chi connectivity index (χ2v) is 10.2. The fraction of sp³-hybridized carbons (Fsp3) is 0.294. The molecule has 0 aromatic heterocycles. The summed E-state index contributed by atoms with van der Waals surface area (Å²) in [4.78, 5) is 0. The van der Waals surface area contributed by atoms with E-state index in [1.165, 1.54) is 7.11 Å². The zero-order valence-electron chi connectivity index (χ0n) is 13.2. The minimum atomic E-state index is -3.36. The molecule has 2 heterocycles. The number of fused-ring (bicyclic) bond motifs is 6. The first-order valence-electron chi connectivity index (χ1n) is 7.40. The predicted molar refractivity (Wildman–Crippen MR) is 92.1 cm³/mol. The minimum absolute atomic E-state index is 0.0768. The Hall–Kier alpha value is -1.86. The van der Waals surface area contributed by atoms with Crippen LogP contribution in [-0.4, -0.2) is 23.9 Å². The van der Waals surface area contributed by atoms with E-state index in [9.17, 15) is 16.8 Å². The van der Waals surface area contributed by atoms with Crippen LogP contribution < -0.4 is 4.74 Å². The van der Waals surface area contributed by atoms with Gasteiger partial charge < -0.3 is 4.74 Å². The number of hydrogen-bond donors (Lipinski definition) is 0. The minimum Gasteiger partial charge on any atom is -0.497 e. The van der Waals surface area contributed by atoms with Gasteiger partial charge in [0.2, 0.25) is 0 Å². The average Bonchev–Trinajstić information content (AvgIpc) is 2.47. The molecule has 128 valence electrons. The first kappa shape index (κ1) is 17.0. The van der Waals surface area contributed by atoms with E-state index in [4.69, 9.17) is 4.74 Å². The molecule has 7 heteroatoms. The summed E-state index contributed by atoms with van der Waals surface area (Å²) in [5.74, 6) is -0.000703. The Kier molecular flexibility index (Phi) is 4.40. The van der Waals surface area contributed by atoms with Crippen molar-refractivity contribution in [1.82, 2.24) is 0 Å². The van der Waals surface area contributed by atoms with Crippen LogP contribution in [0.1, 0.15) is 22.3 Å². The first-order chi connectivity index (χ1) is 11.2. The normalized spacial score (nSPS) is 18.9. The van der Waals surface area contributed by atoms with Crippen molar-refractivity contribution in [2.45, 2.75) is 23.0 Å². The molecule has 4 rings (SSSR count). The van der Waals surface area contributed by atoms with E-state index in [0.717, 1.165) is 0 Å². The summed E-state index contributed by atoms with van der Waals surface area (Å²) in [5, 5.41) is 0. The highest BCUT2D eigenvalue weighted by atomic mass is 32.2. The second kappa shape index (κ2) is 6.22. The molecule has 0 fully saturated rings. The van der Waals surface area contributed by atoms with E-state index in [2.05, 4.69) is 0 Å². The molecule has 0 saturated carbocycles. The smallest absolute Gasteiger partial charge is 0.158 e. The average molecular weight is 366 g/mol. The Morgan fingerprint density at radius 1 is 0.667 bits per heavy atom. The second-order valence-electron chi connectivity index (χ2n) is 6.07. The molecule has 0 spiro atoms. The summed E-state index contributed by atoms with van der Waals surface area (Å²) in [6, 6.07) is 11.6. The topological polar surface area (TPSA) is 77.5 Å². The maximum Gasteiger partial charge on any atom is 0.158 e. The number of hydrogen-bond acceptors (Lipinski definition) is 5. The number of rotatable bonds is 1. The van der Waals surface area contributed by atoms with Crippen molar-refractivity contribution in [3.8, 4) is 5.75 Å². The molecule has 24 heavy (non-hydrogen) atoms. The van der Waals surface area contributed by atoms with Crippen LogP contribution in [-0.2, 0) is 42.7 Å². The third kappa shape index (κ3) is 4.15. The van der Waals surface area contributed by atoms with Gasteiger partial charge in [0, 0.05) is 0 Å². The summed E-state index contributed by atoms with van der Waals surface area (Å²) in [7, 11) is -5.26. The van der Waals surface area contributed by atoms with Gasteiger partial charge in [-0.3, -0.25) is 0 Å². The molecule has 0 atom stereocenters. The molecule has 4 bridgehead atoms. The van der Waals surface area contributed by atoms with Crippen LogP contribution in [0.5, 0.6) is 5.75 Å². The van der Waals surface area contributed by atoms with Crippen molar-refractivity contribution in [3.05, 3.63) is 64.7 Å². The van der Waals surface area contributed by atoms with Gasteiger partial charge in [-0.2, -0.15) is 0 Å². The molecule has 0 saturated heterocycles. The zero-order valence-corrected chi connectivity index (χ0v) is 14.9. The molecule has 2 aliphatic rings. The lowest BCUT2D eigenvalue weighted by molar-refractivity contribution is 0.414. The van der Waals surface area contributed by atoms with Crippen molar-refractivity contribution in [1.29, 1.82) is 0 Å². The fourth-order valence-electron chi connectivity index (χ4n) is 2.86. The number of methoxy groups -OCH3 is 1. The fourth-order valence-corrected chi connectivity index (χ4v) is 5.82. The Bertz CT molecular complexity index is 883. The Balaban J connectivity index is 2.13. The monoisotopic (exact) mass is 366 g/mol. The molecule has 2 aromatic rings. The predicted octanol–water partition coefficient (Wildman–Crippen LogP) is 2.24. The standard InChI is InChI=1S/C17H18O5S2/c1-22-17-7-15-6-16(8-17)12-24(20,21)10-14-3-2-13(4-5-14)9-23(18,19)11-15/h2-8H,9-12H2,1H3. The highest BCUT2D eigenvalue weighted by Gasteiger charge is 2.19. The molecule has 0 unspecified atom stereocenters. The largest absolute Gasteiger partial charge is 0.497 e. The van der Waals surface area contributed by atoms with Crippen molar-refractivity contribution in [2.24, 2.45) is 0 Å². The van der Waals surface area contributed by atoms with E-state index < -0.39 is 19.7 Å². The molecule has 0 radical (unpaired) electrons. The third-order valence-corrected chi connectivity index (χ3v) is 6.92. The van der Waals surface area contributed by atoms with Crippen LogP contribution in [0.3, 0.4) is 0 Å². The quantitative estimate of drug-likeness (QED) is 0.773. The van der Waals surface area contributed by atoms with E-state index >= 15 is 0 Å². The van der Waals surface area contributed by atoms with Crippen LogP contribution in [0, 0.1) is 0 Å². The van der Waals surface area contributed by atoms with E-state index in [1.54, 1.807) is 42.5 Å². The van der Waals surface area contributed by atoms with Gasteiger partial charge in [-0.05, 0) is 34.4 Å². The molecule has 0 amide bonds. The molecule has 0 N–H and O–H groups in total. The summed E-state index contributed by atoms with van der Waals surface area (Å²) in [6.07, 6.45) is 0. The maximum atomic E-state index is 12.4. The van der Waals surface area contributed by atoms with Gasteiger partial charge in [0.15, 0.2) is 19.7 Å². The SMILES string of the molecule is COc1cc2cc(c1)CS(=O)(=O)Cc1ccc(cc1)CS(=O)(=O)C2. The van der Waals surface area contributed by atoms with Gasteiger partial charge in [0.25, 0.3) is 0 Å². The van der Waals surface area contributed by atoms with Crippen LogP contribution in [0.25, 0.3) is 0 Å². The lowest BCUT2D eigenvalue weighted by atomic mass is 10.1. The van der Waals surface area contributed by atoms with Gasteiger partial charge in [-0.1, -0.05) is 30.3 Å². The number of benzene rings is 2. The highest BCUT2D eigenvalue weighted by Crippen LogP contribution is 2.24. The van der Waals surface area contributed by atoms with Crippen molar-refractivity contribution in [3.63, 3.8) is 0 Å². The van der Waals surface area contributed by atoms with Crippen molar-refractivity contribution in [2.75, 3.05) is 7.11 Å². The number of sulfone groups is 2. The van der Waals surface area contributed by atoms with Crippen LogP contribution in [0.15, 0.2) is 42.5 Å². The molecular formula is C17H18O5S2. The van der Waals surface area contributed by atoms with E-state index in [1.807, 2.05) is 0 Å². The Morgan fingerprint density at radius 3 is 1.42 bits per heavy atom. The Labute approximate surface area is 142 Å². The van der Waals surface area contributed by atoms with Crippen molar-refractivity contribution >= 4 is 19.7 Å². The van der Waals surface area contributed by atoms with Crippen LogP contribution in [0.2, 0.25) is 0 Å². The summed E-state index contributed by atoms with van der Waals surface area (Å²) < 4.78 is 54.9. The lowest BCUT2D eigenvalue weighted by Gasteiger charge is -2.10. The van der Waals surface area contributed by atoms with Gasteiger partial charge in [0.1, 0.15) is 5.75 Å². The zero-order chi connectivity index (χ0) is 17.4. The molecule has 2 aromatic carbocycles. The first-order valence-corrected chi connectivity index (χ1v) is 11.0. The highest BCUT2D eigenvalue weighted by molar-refractivity contribution is 7.90. The van der Waals surface area contributed by atoms with Crippen LogP contribution >= 0.6 is 0 Å². The maximum absolute atomic E-state index is 12.4. The van der Waals surface area contributed by atoms with Crippen LogP contribution in [0.4, 0.5) is 0 Å². The van der Waals surface area contributed by atoms with Gasteiger partial charge in [0.05, 0.1) is 30.1 Å². The van der Waals surface area contributed by atoms with Gasteiger partial charge in [-0.15, -0.1) is 0 Å². The van der Waals surface area contributed by atoms with E-state index in [-0.39, 0.29) is 23.0 Å². The molecular weight excluding hydrogens is 348 g/mol. The summed E-state index contributed by atoms with van der Waals surface area (Å²) >= 11 is 0. The van der Waals surface area contributed by atoms with E-state index in [0.29, 0.717) is 28.0 Å². The molecule has 0 aliphatic carbocycles. The number of ether oxygens (including phenoxy) is 1. The molecule has 2 aliphatic heterocycles. The summed E-state index contributed by atoms with van der Waals surface area (Å²) in [5.41, 5.74) is 2.38.